The number of aromatic nitrogens is 2. The highest BCUT2D eigenvalue weighted by Crippen LogP contribution is 2.34. The van der Waals surface area contributed by atoms with Crippen molar-refractivity contribution >= 4 is 11.7 Å². The smallest absolute Gasteiger partial charge is 0.225 e. The largest absolute Gasteiger partial charge is 0.508 e. The van der Waals surface area contributed by atoms with Gasteiger partial charge in [0, 0.05) is 12.0 Å². The van der Waals surface area contributed by atoms with E-state index in [1.165, 1.54) is 5.56 Å². The van der Waals surface area contributed by atoms with E-state index in [1.807, 2.05) is 31.2 Å². The number of aromatic hydroxyl groups is 1. The van der Waals surface area contributed by atoms with Crippen LogP contribution in [0.5, 0.6) is 5.75 Å². The molecule has 0 saturated carbocycles. The number of benzene rings is 2. The van der Waals surface area contributed by atoms with Crippen LogP contribution in [0.2, 0.25) is 0 Å². The van der Waals surface area contributed by atoms with Crippen molar-refractivity contribution in [1.29, 1.82) is 0 Å². The average molecular weight is 387 g/mol. The highest BCUT2D eigenvalue weighted by atomic mass is 16.3. The lowest BCUT2D eigenvalue weighted by Crippen LogP contribution is -2.18. The summed E-state index contributed by atoms with van der Waals surface area (Å²) in [7, 11) is 0. The summed E-state index contributed by atoms with van der Waals surface area (Å²) in [6.45, 7) is 2.02. The molecule has 5 heteroatoms. The molecule has 1 aliphatic carbocycles. The molecule has 2 aromatic carbocycles. The number of carbonyl (C=O) groups excluding carboxylic acids is 1. The van der Waals surface area contributed by atoms with Crippen molar-refractivity contribution in [3.63, 3.8) is 0 Å². The van der Waals surface area contributed by atoms with Crippen molar-refractivity contribution in [2.24, 2.45) is 0 Å². The van der Waals surface area contributed by atoms with Crippen molar-refractivity contribution in [1.82, 2.24) is 9.97 Å². The number of fused-ring (bicyclic) bond motifs is 3. The fourth-order valence-corrected chi connectivity index (χ4v) is 3.80. The molecule has 1 aliphatic rings. The van der Waals surface area contributed by atoms with Crippen LogP contribution in [0.4, 0.5) is 5.82 Å². The number of nitrogens with one attached hydrogen (secondary N) is 1. The Kier molecular flexibility index (Phi) is 5.56. The lowest BCUT2D eigenvalue weighted by Gasteiger charge is -2.20. The zero-order chi connectivity index (χ0) is 20.2. The molecule has 4 rings (SSSR count). The average Bonchev–Trinajstić information content (AvgIpc) is 2.73. The molecule has 1 amide bonds. The van der Waals surface area contributed by atoms with Crippen LogP contribution in [-0.2, 0) is 30.5 Å². The molecule has 148 valence electrons. The summed E-state index contributed by atoms with van der Waals surface area (Å²) < 4.78 is 0. The van der Waals surface area contributed by atoms with Gasteiger partial charge in [0.25, 0.3) is 0 Å². The topological polar surface area (TPSA) is 75.1 Å². The van der Waals surface area contributed by atoms with Gasteiger partial charge in [0.05, 0.1) is 17.1 Å². The molecule has 5 nitrogen and oxygen atoms in total. The normalized spacial score (nSPS) is 12.2. The van der Waals surface area contributed by atoms with Gasteiger partial charge in [0.1, 0.15) is 5.75 Å². The number of phenols is 1. The number of phenolic OH excluding ortho intramolecular Hbond substituents is 1. The summed E-state index contributed by atoms with van der Waals surface area (Å²) in [5, 5.41) is 12.7. The number of aryl methyl sites for hydroxylation is 4. The molecule has 0 fully saturated rings. The summed E-state index contributed by atoms with van der Waals surface area (Å²) in [6, 6.07) is 15.6. The Bertz CT molecular complexity index is 1030. The molecule has 2 N–H and O–H groups in total. The Balaban J connectivity index is 1.48. The second kappa shape index (κ2) is 8.43. The molecule has 0 unspecified atom stereocenters. The molecule has 0 spiro atoms. The number of nitrogens with zero attached hydrogens (tertiary/aromatic N) is 2. The molecule has 1 aromatic heterocycles. The molecule has 0 saturated heterocycles. The predicted molar refractivity (Wildman–Crippen MR) is 114 cm³/mol. The monoisotopic (exact) mass is 387 g/mol. The van der Waals surface area contributed by atoms with Crippen LogP contribution in [0.1, 0.15) is 42.3 Å². The number of hydrogen-bond acceptors (Lipinski definition) is 4. The Labute approximate surface area is 170 Å². The first-order chi connectivity index (χ1) is 14.1. The van der Waals surface area contributed by atoms with E-state index in [0.29, 0.717) is 18.7 Å². The Morgan fingerprint density at radius 3 is 2.72 bits per heavy atom. The third-order valence-electron chi connectivity index (χ3n) is 5.32. The molecule has 0 aliphatic heterocycles. The molecule has 1 heterocycles. The second-order valence-corrected chi connectivity index (χ2v) is 7.40. The van der Waals surface area contributed by atoms with Crippen molar-refractivity contribution < 1.29 is 9.90 Å². The summed E-state index contributed by atoms with van der Waals surface area (Å²) in [6.07, 6.45) is 4.38. The first-order valence-electron chi connectivity index (χ1n) is 10.2. The van der Waals surface area contributed by atoms with Gasteiger partial charge in [-0.1, -0.05) is 37.3 Å². The maximum Gasteiger partial charge on any atom is 0.225 e. The SMILES string of the molecule is CCc1nc2c(nc1NC(=O)CCCc1ccccc1)CCc1cc(O)ccc1-2. The van der Waals surface area contributed by atoms with E-state index in [4.69, 9.17) is 9.97 Å². The van der Waals surface area contributed by atoms with Crippen LogP contribution in [0, 0.1) is 0 Å². The van der Waals surface area contributed by atoms with E-state index in [1.54, 1.807) is 12.1 Å². The van der Waals surface area contributed by atoms with Gasteiger partial charge in [-0.15, -0.1) is 0 Å². The van der Waals surface area contributed by atoms with Gasteiger partial charge in [-0.05, 0) is 61.4 Å². The molecule has 3 aromatic rings. The second-order valence-electron chi connectivity index (χ2n) is 7.40. The van der Waals surface area contributed by atoms with E-state index in [-0.39, 0.29) is 11.7 Å². The summed E-state index contributed by atoms with van der Waals surface area (Å²) >= 11 is 0. The number of amides is 1. The summed E-state index contributed by atoms with van der Waals surface area (Å²) in [5.74, 6) is 0.833. The van der Waals surface area contributed by atoms with Gasteiger partial charge in [0.15, 0.2) is 5.82 Å². The molecular weight excluding hydrogens is 362 g/mol. The number of rotatable bonds is 6. The lowest BCUT2D eigenvalue weighted by molar-refractivity contribution is -0.116. The van der Waals surface area contributed by atoms with Crippen LogP contribution < -0.4 is 5.32 Å². The quantitative estimate of drug-likeness (QED) is 0.654. The number of hydrogen-bond donors (Lipinski definition) is 2. The molecule has 29 heavy (non-hydrogen) atoms. The lowest BCUT2D eigenvalue weighted by atomic mass is 9.91. The van der Waals surface area contributed by atoms with E-state index in [9.17, 15) is 9.90 Å². The fourth-order valence-electron chi connectivity index (χ4n) is 3.80. The number of anilines is 1. The van der Waals surface area contributed by atoms with Gasteiger partial charge in [-0.3, -0.25) is 4.79 Å². The van der Waals surface area contributed by atoms with E-state index < -0.39 is 0 Å². The fraction of sp³-hybridized carbons (Fsp3) is 0.292. The van der Waals surface area contributed by atoms with Crippen LogP contribution in [-0.4, -0.2) is 21.0 Å². The van der Waals surface area contributed by atoms with Gasteiger partial charge < -0.3 is 10.4 Å². The van der Waals surface area contributed by atoms with Crippen molar-refractivity contribution in [2.45, 2.75) is 45.4 Å². The Morgan fingerprint density at radius 1 is 1.10 bits per heavy atom. The third kappa shape index (κ3) is 4.29. The summed E-state index contributed by atoms with van der Waals surface area (Å²) in [5.41, 5.74) is 5.91. The minimum absolute atomic E-state index is 0.0222. The first-order valence-corrected chi connectivity index (χ1v) is 10.2. The zero-order valence-electron chi connectivity index (χ0n) is 16.6. The molecule has 0 radical (unpaired) electrons. The van der Waals surface area contributed by atoms with Crippen LogP contribution >= 0.6 is 0 Å². The van der Waals surface area contributed by atoms with Gasteiger partial charge in [0.2, 0.25) is 5.91 Å². The Hall–Kier alpha value is -3.21. The standard InChI is InChI=1S/C24H25N3O2/c1-2-20-24(27-22(29)10-6-9-16-7-4-3-5-8-16)26-21-14-11-17-15-18(28)12-13-19(17)23(21)25-20/h3-5,7-8,12-13,15,28H,2,6,9-11,14H2,1H3,(H,26,27,29). The van der Waals surface area contributed by atoms with Crippen LogP contribution in [0.25, 0.3) is 11.3 Å². The third-order valence-corrected chi connectivity index (χ3v) is 5.32. The molecular formula is C24H25N3O2. The van der Waals surface area contributed by atoms with Gasteiger partial charge in [-0.2, -0.15) is 0 Å². The zero-order valence-corrected chi connectivity index (χ0v) is 16.6. The maximum atomic E-state index is 12.5. The van der Waals surface area contributed by atoms with Crippen molar-refractivity contribution in [2.75, 3.05) is 5.32 Å². The predicted octanol–water partition coefficient (Wildman–Crippen LogP) is 4.47. The first kappa shape index (κ1) is 19.1. The highest BCUT2D eigenvalue weighted by Gasteiger charge is 2.22. The van der Waals surface area contributed by atoms with Gasteiger partial charge in [-0.25, -0.2) is 9.97 Å². The minimum atomic E-state index is -0.0222. The van der Waals surface area contributed by atoms with Gasteiger partial charge >= 0.3 is 0 Å². The minimum Gasteiger partial charge on any atom is -0.508 e. The highest BCUT2D eigenvalue weighted by molar-refractivity contribution is 5.90. The number of carbonyl (C=O) groups is 1. The maximum absolute atomic E-state index is 12.5. The van der Waals surface area contributed by atoms with E-state index in [0.717, 1.165) is 53.9 Å². The van der Waals surface area contributed by atoms with Crippen LogP contribution in [0.15, 0.2) is 48.5 Å². The molecule has 0 atom stereocenters. The van der Waals surface area contributed by atoms with E-state index >= 15 is 0 Å². The van der Waals surface area contributed by atoms with E-state index in [2.05, 4.69) is 17.4 Å². The Morgan fingerprint density at radius 2 is 1.93 bits per heavy atom. The van der Waals surface area contributed by atoms with Crippen LogP contribution in [0.3, 0.4) is 0 Å². The van der Waals surface area contributed by atoms with Crippen molar-refractivity contribution in [3.05, 3.63) is 71.0 Å². The molecule has 0 bridgehead atoms. The van der Waals surface area contributed by atoms with Crippen molar-refractivity contribution in [3.8, 4) is 17.0 Å². The summed E-state index contributed by atoms with van der Waals surface area (Å²) in [4.78, 5) is 22.0.